The summed E-state index contributed by atoms with van der Waals surface area (Å²) in [6.07, 6.45) is 0.765. The van der Waals surface area contributed by atoms with Crippen molar-refractivity contribution in [2.45, 2.75) is 19.4 Å². The summed E-state index contributed by atoms with van der Waals surface area (Å²) in [7, 11) is 0. The molecule has 0 aromatic heterocycles. The van der Waals surface area contributed by atoms with Crippen molar-refractivity contribution in [2.75, 3.05) is 6.54 Å². The Balaban J connectivity index is 2.30. The van der Waals surface area contributed by atoms with E-state index in [9.17, 15) is 0 Å². The highest BCUT2D eigenvalue weighted by Crippen LogP contribution is 2.31. The molecule has 0 bridgehead atoms. The number of nitrogens with one attached hydrogen (secondary N) is 1. The summed E-state index contributed by atoms with van der Waals surface area (Å²) in [4.78, 5) is 0. The number of rotatable bonds is 5. The number of halogens is 4. The fourth-order valence-electron chi connectivity index (χ4n) is 2.21. The quantitative estimate of drug-likeness (QED) is 0.613. The van der Waals surface area contributed by atoms with Crippen LogP contribution in [0.15, 0.2) is 40.9 Å². The topological polar surface area (TPSA) is 12.0 Å². The molecule has 0 heterocycles. The minimum atomic E-state index is 0.152. The molecule has 2 rings (SSSR count). The van der Waals surface area contributed by atoms with Gasteiger partial charge in [-0.05, 0) is 58.2 Å². The molecular formula is C16H15BrCl3N. The number of likely N-dealkylation sites (N-methyl/N-ethyl adjacent to an activating group) is 1. The molecule has 0 radical (unpaired) electrons. The van der Waals surface area contributed by atoms with E-state index in [1.54, 1.807) is 6.07 Å². The van der Waals surface area contributed by atoms with Crippen LogP contribution < -0.4 is 5.32 Å². The van der Waals surface area contributed by atoms with Crippen molar-refractivity contribution < 1.29 is 0 Å². The van der Waals surface area contributed by atoms with E-state index in [1.807, 2.05) is 30.3 Å². The first-order valence-corrected chi connectivity index (χ1v) is 8.56. The second kappa shape index (κ2) is 7.85. The summed E-state index contributed by atoms with van der Waals surface area (Å²) >= 11 is 21.9. The molecule has 1 nitrogen and oxygen atoms in total. The molecule has 1 unspecified atom stereocenters. The van der Waals surface area contributed by atoms with Gasteiger partial charge in [0.15, 0.2) is 0 Å². The SMILES string of the molecule is CCNC(Cc1cccc(Cl)c1Cl)c1ccc(Cl)c(Br)c1. The van der Waals surface area contributed by atoms with Gasteiger partial charge >= 0.3 is 0 Å². The normalized spacial score (nSPS) is 12.4. The predicted octanol–water partition coefficient (Wildman–Crippen LogP) is 6.30. The molecule has 0 amide bonds. The van der Waals surface area contributed by atoms with Gasteiger partial charge in [-0.25, -0.2) is 0 Å². The Kier molecular flexibility index (Phi) is 6.39. The number of benzene rings is 2. The Hall–Kier alpha value is -0.250. The van der Waals surface area contributed by atoms with Crippen LogP contribution in [0.1, 0.15) is 24.1 Å². The molecule has 2 aromatic rings. The van der Waals surface area contributed by atoms with Crippen LogP contribution in [0, 0.1) is 0 Å². The molecule has 0 saturated carbocycles. The van der Waals surface area contributed by atoms with Gasteiger partial charge in [0.1, 0.15) is 0 Å². The number of hydrogen-bond donors (Lipinski definition) is 1. The van der Waals surface area contributed by atoms with Crippen molar-refractivity contribution in [3.63, 3.8) is 0 Å². The maximum Gasteiger partial charge on any atom is 0.0624 e. The van der Waals surface area contributed by atoms with E-state index < -0.39 is 0 Å². The zero-order valence-electron chi connectivity index (χ0n) is 11.5. The van der Waals surface area contributed by atoms with Crippen molar-refractivity contribution in [3.8, 4) is 0 Å². The Bertz CT molecular complexity index is 631. The van der Waals surface area contributed by atoms with Gasteiger partial charge in [0.2, 0.25) is 0 Å². The van der Waals surface area contributed by atoms with Crippen LogP contribution >= 0.6 is 50.7 Å². The molecule has 5 heteroatoms. The van der Waals surface area contributed by atoms with Gasteiger partial charge < -0.3 is 5.32 Å². The minimum absolute atomic E-state index is 0.152. The fourth-order valence-corrected chi connectivity index (χ4v) is 3.12. The molecule has 21 heavy (non-hydrogen) atoms. The predicted molar refractivity (Wildman–Crippen MR) is 95.7 cm³/mol. The van der Waals surface area contributed by atoms with Gasteiger partial charge in [-0.1, -0.05) is 59.9 Å². The molecule has 0 aliphatic heterocycles. The van der Waals surface area contributed by atoms with E-state index >= 15 is 0 Å². The van der Waals surface area contributed by atoms with Crippen molar-refractivity contribution in [1.82, 2.24) is 5.32 Å². The Morgan fingerprint density at radius 1 is 1.10 bits per heavy atom. The molecule has 0 saturated heterocycles. The summed E-state index contributed by atoms with van der Waals surface area (Å²) in [5.41, 5.74) is 2.19. The molecule has 0 aliphatic carbocycles. The second-order valence-electron chi connectivity index (χ2n) is 4.70. The van der Waals surface area contributed by atoms with Crippen molar-refractivity contribution in [1.29, 1.82) is 0 Å². The highest BCUT2D eigenvalue weighted by atomic mass is 79.9. The van der Waals surface area contributed by atoms with Crippen LogP contribution in [-0.2, 0) is 6.42 Å². The first-order chi connectivity index (χ1) is 10.0. The van der Waals surface area contributed by atoms with Gasteiger partial charge in [-0.2, -0.15) is 0 Å². The van der Waals surface area contributed by atoms with E-state index in [-0.39, 0.29) is 6.04 Å². The molecule has 112 valence electrons. The van der Waals surface area contributed by atoms with Crippen molar-refractivity contribution >= 4 is 50.7 Å². The van der Waals surface area contributed by atoms with Crippen molar-refractivity contribution in [2.24, 2.45) is 0 Å². The molecule has 0 fully saturated rings. The average Bonchev–Trinajstić information content (AvgIpc) is 2.46. The third kappa shape index (κ3) is 4.37. The maximum absolute atomic E-state index is 6.29. The second-order valence-corrected chi connectivity index (χ2v) is 6.75. The van der Waals surface area contributed by atoms with Gasteiger partial charge in [0.05, 0.1) is 15.1 Å². The highest BCUT2D eigenvalue weighted by molar-refractivity contribution is 9.10. The van der Waals surface area contributed by atoms with Crippen LogP contribution in [0.25, 0.3) is 0 Å². The van der Waals surface area contributed by atoms with Crippen LogP contribution in [-0.4, -0.2) is 6.54 Å². The number of hydrogen-bond acceptors (Lipinski definition) is 1. The molecular weight excluding hydrogens is 392 g/mol. The lowest BCUT2D eigenvalue weighted by Gasteiger charge is -2.20. The third-order valence-electron chi connectivity index (χ3n) is 3.25. The van der Waals surface area contributed by atoms with Crippen LogP contribution in [0.2, 0.25) is 15.1 Å². The first-order valence-electron chi connectivity index (χ1n) is 6.64. The highest BCUT2D eigenvalue weighted by Gasteiger charge is 2.15. The standard InChI is InChI=1S/C16H15BrCl3N/c1-2-21-15(10-6-7-13(18)12(17)8-10)9-11-4-3-5-14(19)16(11)20/h3-8,15,21H,2,9H2,1H3. The van der Waals surface area contributed by atoms with E-state index in [1.165, 1.54) is 0 Å². The van der Waals surface area contributed by atoms with Crippen molar-refractivity contribution in [3.05, 3.63) is 67.1 Å². The van der Waals surface area contributed by atoms with Gasteiger partial charge in [0.25, 0.3) is 0 Å². The Morgan fingerprint density at radius 3 is 2.52 bits per heavy atom. The van der Waals surface area contributed by atoms with E-state index in [2.05, 4.69) is 28.2 Å². The lowest BCUT2D eigenvalue weighted by molar-refractivity contribution is 0.550. The fraction of sp³-hybridized carbons (Fsp3) is 0.250. The smallest absolute Gasteiger partial charge is 0.0624 e. The van der Waals surface area contributed by atoms with E-state index in [0.717, 1.165) is 28.6 Å². The summed E-state index contributed by atoms with van der Waals surface area (Å²) in [5, 5.41) is 5.38. The monoisotopic (exact) mass is 405 g/mol. The first kappa shape index (κ1) is 17.1. The van der Waals surface area contributed by atoms with Crippen LogP contribution in [0.4, 0.5) is 0 Å². The largest absolute Gasteiger partial charge is 0.310 e. The summed E-state index contributed by atoms with van der Waals surface area (Å²) in [6, 6.07) is 11.8. The van der Waals surface area contributed by atoms with Gasteiger partial charge in [-0.3, -0.25) is 0 Å². The molecule has 0 spiro atoms. The summed E-state index contributed by atoms with van der Waals surface area (Å²) < 4.78 is 0.891. The van der Waals surface area contributed by atoms with Crippen LogP contribution in [0.5, 0.6) is 0 Å². The van der Waals surface area contributed by atoms with E-state index in [4.69, 9.17) is 34.8 Å². The Morgan fingerprint density at radius 2 is 1.86 bits per heavy atom. The van der Waals surface area contributed by atoms with Gasteiger partial charge in [-0.15, -0.1) is 0 Å². The molecule has 0 aliphatic rings. The lowest BCUT2D eigenvalue weighted by atomic mass is 9.99. The lowest BCUT2D eigenvalue weighted by Crippen LogP contribution is -2.23. The summed E-state index contributed by atoms with van der Waals surface area (Å²) in [6.45, 7) is 2.95. The molecule has 1 atom stereocenters. The zero-order valence-corrected chi connectivity index (χ0v) is 15.3. The molecule has 2 aromatic carbocycles. The van der Waals surface area contributed by atoms with E-state index in [0.29, 0.717) is 15.1 Å². The summed E-state index contributed by atoms with van der Waals surface area (Å²) in [5.74, 6) is 0. The minimum Gasteiger partial charge on any atom is -0.310 e. The molecule has 1 N–H and O–H groups in total. The van der Waals surface area contributed by atoms with Gasteiger partial charge in [0, 0.05) is 10.5 Å². The zero-order chi connectivity index (χ0) is 15.4. The maximum atomic E-state index is 6.29. The van der Waals surface area contributed by atoms with Crippen LogP contribution in [0.3, 0.4) is 0 Å². The third-order valence-corrected chi connectivity index (χ3v) is 5.32. The average molecular weight is 408 g/mol. The Labute approximate surface area is 148 Å².